The number of nitrogens with zero attached hydrogens (tertiary/aromatic N) is 1. The molecule has 0 spiro atoms. The molecule has 1 fully saturated rings. The van der Waals surface area contributed by atoms with Gasteiger partial charge in [-0.25, -0.2) is 0 Å². The highest BCUT2D eigenvalue weighted by Gasteiger charge is 2.39. The molecule has 0 radical (unpaired) electrons. The molecule has 11 heteroatoms. The third-order valence-electron chi connectivity index (χ3n) is 5.62. The standard InChI is InChI=1S/C24H32N4O7/c1-15(2)12-21(30)25-8-9-34-10-11-35-14-22(31)26-18-5-3-4-16-17(18)13-28(24(16)33)19-6-7-20(29)27-23(19)32/h3-5,15,19H,6-14H2,1-2H3,(H,25,30)(H,26,31)(H,27,29,32). The lowest BCUT2D eigenvalue weighted by atomic mass is 10.0. The lowest BCUT2D eigenvalue weighted by molar-refractivity contribution is -0.137. The molecule has 3 rings (SSSR count). The van der Waals surface area contributed by atoms with Crippen molar-refractivity contribution in [1.82, 2.24) is 15.5 Å². The second-order valence-electron chi connectivity index (χ2n) is 8.89. The fraction of sp³-hybridized carbons (Fsp3) is 0.542. The van der Waals surface area contributed by atoms with E-state index in [0.29, 0.717) is 42.3 Å². The average molecular weight is 489 g/mol. The molecule has 5 amide bonds. The quantitative estimate of drug-likeness (QED) is 0.288. The molecule has 0 bridgehead atoms. The van der Waals surface area contributed by atoms with E-state index in [4.69, 9.17) is 9.47 Å². The Morgan fingerprint density at radius 3 is 2.63 bits per heavy atom. The number of carbonyl (C=O) groups is 5. The van der Waals surface area contributed by atoms with Gasteiger partial charge in [-0.3, -0.25) is 29.3 Å². The molecule has 2 heterocycles. The van der Waals surface area contributed by atoms with Crippen molar-refractivity contribution in [2.45, 2.75) is 45.7 Å². The van der Waals surface area contributed by atoms with Gasteiger partial charge in [0.15, 0.2) is 0 Å². The first-order valence-electron chi connectivity index (χ1n) is 11.7. The number of nitrogens with one attached hydrogen (secondary N) is 3. The molecule has 190 valence electrons. The van der Waals surface area contributed by atoms with Gasteiger partial charge in [-0.1, -0.05) is 19.9 Å². The number of amides is 5. The average Bonchev–Trinajstić information content (AvgIpc) is 3.12. The van der Waals surface area contributed by atoms with E-state index in [1.165, 1.54) is 4.90 Å². The van der Waals surface area contributed by atoms with Crippen LogP contribution in [-0.4, -0.2) is 73.4 Å². The summed E-state index contributed by atoms with van der Waals surface area (Å²) in [5.41, 5.74) is 1.52. The molecule has 11 nitrogen and oxygen atoms in total. The number of piperidine rings is 1. The number of rotatable bonds is 12. The first kappa shape index (κ1) is 26.3. The Labute approximate surface area is 203 Å². The summed E-state index contributed by atoms with van der Waals surface area (Å²) in [4.78, 5) is 61.8. The molecule has 2 aliphatic rings. The molecule has 1 aromatic rings. The summed E-state index contributed by atoms with van der Waals surface area (Å²) < 4.78 is 10.7. The second kappa shape index (κ2) is 12.4. The van der Waals surface area contributed by atoms with Crippen molar-refractivity contribution >= 4 is 35.2 Å². The van der Waals surface area contributed by atoms with Crippen molar-refractivity contribution < 1.29 is 33.4 Å². The number of ether oxygens (including phenoxy) is 2. The molecule has 3 N–H and O–H groups in total. The third kappa shape index (κ3) is 7.33. The molecule has 0 aliphatic carbocycles. The van der Waals surface area contributed by atoms with Crippen LogP contribution in [0.3, 0.4) is 0 Å². The van der Waals surface area contributed by atoms with Crippen molar-refractivity contribution in [1.29, 1.82) is 0 Å². The highest BCUT2D eigenvalue weighted by atomic mass is 16.5. The number of fused-ring (bicyclic) bond motifs is 1. The van der Waals surface area contributed by atoms with Crippen molar-refractivity contribution in [3.8, 4) is 0 Å². The van der Waals surface area contributed by atoms with Crippen LogP contribution in [0.2, 0.25) is 0 Å². The smallest absolute Gasteiger partial charge is 0.255 e. The Bertz CT molecular complexity index is 979. The van der Waals surface area contributed by atoms with Crippen LogP contribution in [0.5, 0.6) is 0 Å². The summed E-state index contributed by atoms with van der Waals surface area (Å²) in [7, 11) is 0. The van der Waals surface area contributed by atoms with Crippen molar-refractivity contribution in [3.05, 3.63) is 29.3 Å². The van der Waals surface area contributed by atoms with E-state index in [1.54, 1.807) is 18.2 Å². The van der Waals surface area contributed by atoms with Gasteiger partial charge in [0.1, 0.15) is 12.6 Å². The van der Waals surface area contributed by atoms with E-state index < -0.39 is 11.9 Å². The zero-order valence-corrected chi connectivity index (χ0v) is 20.1. The minimum absolute atomic E-state index is 0.00847. The largest absolute Gasteiger partial charge is 0.377 e. The first-order chi connectivity index (χ1) is 16.8. The molecule has 0 aromatic heterocycles. The molecule has 2 aliphatic heterocycles. The van der Waals surface area contributed by atoms with Gasteiger partial charge in [0.2, 0.25) is 23.6 Å². The molecular formula is C24H32N4O7. The van der Waals surface area contributed by atoms with E-state index in [-0.39, 0.29) is 62.8 Å². The zero-order chi connectivity index (χ0) is 25.4. The van der Waals surface area contributed by atoms with Crippen molar-refractivity contribution in [2.24, 2.45) is 5.92 Å². The number of hydrogen-bond donors (Lipinski definition) is 3. The fourth-order valence-electron chi connectivity index (χ4n) is 3.98. The van der Waals surface area contributed by atoms with Gasteiger partial charge in [-0.05, 0) is 24.5 Å². The second-order valence-corrected chi connectivity index (χ2v) is 8.89. The van der Waals surface area contributed by atoms with E-state index in [9.17, 15) is 24.0 Å². The minimum Gasteiger partial charge on any atom is -0.377 e. The Balaban J connectivity index is 1.39. The monoisotopic (exact) mass is 488 g/mol. The Hall–Kier alpha value is -3.31. The van der Waals surface area contributed by atoms with Crippen LogP contribution in [0.4, 0.5) is 5.69 Å². The summed E-state index contributed by atoms with van der Waals surface area (Å²) in [6.45, 7) is 5.19. The Morgan fingerprint density at radius 1 is 1.11 bits per heavy atom. The van der Waals surface area contributed by atoms with Crippen LogP contribution < -0.4 is 16.0 Å². The summed E-state index contributed by atoms with van der Waals surface area (Å²) in [5.74, 6) is -1.22. The van der Waals surface area contributed by atoms with Gasteiger partial charge >= 0.3 is 0 Å². The van der Waals surface area contributed by atoms with Crippen LogP contribution in [0.1, 0.15) is 49.0 Å². The molecule has 1 atom stereocenters. The SMILES string of the molecule is CC(C)CC(=O)NCCOCCOCC(=O)Nc1cccc2c1CN(C1CCC(=O)NC1=O)C2=O. The van der Waals surface area contributed by atoms with E-state index in [1.807, 2.05) is 13.8 Å². The number of imide groups is 1. The van der Waals surface area contributed by atoms with Gasteiger partial charge in [0.25, 0.3) is 5.91 Å². The molecule has 1 aromatic carbocycles. The molecular weight excluding hydrogens is 456 g/mol. The maximum atomic E-state index is 12.9. The zero-order valence-electron chi connectivity index (χ0n) is 20.1. The number of anilines is 1. The van der Waals surface area contributed by atoms with Gasteiger partial charge in [-0.15, -0.1) is 0 Å². The van der Waals surface area contributed by atoms with Crippen LogP contribution >= 0.6 is 0 Å². The van der Waals surface area contributed by atoms with Gasteiger partial charge < -0.3 is 25.0 Å². The van der Waals surface area contributed by atoms with Crippen LogP contribution in [0, 0.1) is 5.92 Å². The predicted octanol–water partition coefficient (Wildman–Crippen LogP) is 0.582. The molecule has 1 saturated heterocycles. The molecule has 0 saturated carbocycles. The van der Waals surface area contributed by atoms with E-state index >= 15 is 0 Å². The van der Waals surface area contributed by atoms with Crippen LogP contribution in [0.25, 0.3) is 0 Å². The Morgan fingerprint density at radius 2 is 1.89 bits per heavy atom. The van der Waals surface area contributed by atoms with Gasteiger partial charge in [-0.2, -0.15) is 0 Å². The summed E-state index contributed by atoms with van der Waals surface area (Å²) >= 11 is 0. The summed E-state index contributed by atoms with van der Waals surface area (Å²) in [6, 6.07) is 4.28. The molecule has 1 unspecified atom stereocenters. The highest BCUT2D eigenvalue weighted by molar-refractivity contribution is 6.06. The highest BCUT2D eigenvalue weighted by Crippen LogP contribution is 2.32. The van der Waals surface area contributed by atoms with Gasteiger partial charge in [0.05, 0.1) is 19.8 Å². The number of carbonyl (C=O) groups excluding carboxylic acids is 5. The lowest BCUT2D eigenvalue weighted by Crippen LogP contribution is -2.52. The number of benzene rings is 1. The first-order valence-corrected chi connectivity index (χ1v) is 11.7. The van der Waals surface area contributed by atoms with Crippen LogP contribution in [-0.2, 0) is 35.2 Å². The van der Waals surface area contributed by atoms with E-state index in [2.05, 4.69) is 16.0 Å². The fourth-order valence-corrected chi connectivity index (χ4v) is 3.98. The topological polar surface area (TPSA) is 143 Å². The van der Waals surface area contributed by atoms with E-state index in [0.717, 1.165) is 0 Å². The maximum absolute atomic E-state index is 12.9. The molecule has 35 heavy (non-hydrogen) atoms. The predicted molar refractivity (Wildman–Crippen MR) is 125 cm³/mol. The normalized spacial score (nSPS) is 17.4. The van der Waals surface area contributed by atoms with Crippen molar-refractivity contribution in [2.75, 3.05) is 38.3 Å². The van der Waals surface area contributed by atoms with Crippen LogP contribution in [0.15, 0.2) is 18.2 Å². The summed E-state index contributed by atoms with van der Waals surface area (Å²) in [5, 5.41) is 7.80. The third-order valence-corrected chi connectivity index (χ3v) is 5.62. The number of hydrogen-bond acceptors (Lipinski definition) is 7. The van der Waals surface area contributed by atoms with Gasteiger partial charge in [0, 0.05) is 42.7 Å². The summed E-state index contributed by atoms with van der Waals surface area (Å²) in [6.07, 6.45) is 0.923. The maximum Gasteiger partial charge on any atom is 0.255 e. The van der Waals surface area contributed by atoms with Crippen molar-refractivity contribution in [3.63, 3.8) is 0 Å². The minimum atomic E-state index is -0.719. The Kier molecular flexibility index (Phi) is 9.32. The lowest BCUT2D eigenvalue weighted by Gasteiger charge is -2.29.